The summed E-state index contributed by atoms with van der Waals surface area (Å²) in [4.78, 5) is 12.0. The monoisotopic (exact) mass is 294 g/mol. The Hall–Kier alpha value is -2.10. The van der Waals surface area contributed by atoms with E-state index in [1.54, 1.807) is 5.43 Å². The summed E-state index contributed by atoms with van der Waals surface area (Å²) >= 11 is 0. The fraction of sp³-hybridized carbons (Fsp3) is 0.400. The Kier molecular flexibility index (Phi) is 3.42. The predicted octanol–water partition coefficient (Wildman–Crippen LogP) is 0.483. The van der Waals surface area contributed by atoms with E-state index in [1.165, 1.54) is 24.0 Å². The molecule has 0 saturated carbocycles. The minimum absolute atomic E-state index is 0.0431. The molecule has 1 aromatic heterocycles. The van der Waals surface area contributed by atoms with E-state index in [1.807, 2.05) is 0 Å². The van der Waals surface area contributed by atoms with E-state index in [0.29, 0.717) is 0 Å². The van der Waals surface area contributed by atoms with Gasteiger partial charge in [0.25, 0.3) is 18.8 Å². The summed E-state index contributed by atoms with van der Waals surface area (Å²) in [5.41, 5.74) is -2.62. The lowest BCUT2D eigenvalue weighted by Gasteiger charge is -2.30. The summed E-state index contributed by atoms with van der Waals surface area (Å²) < 4.78 is 52.1. The van der Waals surface area contributed by atoms with E-state index < -0.39 is 30.2 Å². The SMILES string of the molecule is Cn1ccc(C(=O)N2NC(C(F)F)=CC2(O)C(F)F)n1. The first-order valence-electron chi connectivity index (χ1n) is 5.38. The van der Waals surface area contributed by atoms with E-state index in [2.05, 4.69) is 5.10 Å². The zero-order valence-corrected chi connectivity index (χ0v) is 10.1. The second kappa shape index (κ2) is 4.78. The fourth-order valence-electron chi connectivity index (χ4n) is 1.67. The average molecular weight is 294 g/mol. The Morgan fingerprint density at radius 1 is 1.45 bits per heavy atom. The molecular weight excluding hydrogens is 284 g/mol. The van der Waals surface area contributed by atoms with Crippen molar-refractivity contribution in [3.05, 3.63) is 29.7 Å². The molecule has 2 rings (SSSR count). The maximum atomic E-state index is 12.9. The number of halogens is 4. The Labute approximate surface area is 110 Å². The first kappa shape index (κ1) is 14.3. The second-order valence-corrected chi connectivity index (χ2v) is 4.11. The molecule has 0 saturated heterocycles. The fourth-order valence-corrected chi connectivity index (χ4v) is 1.67. The lowest BCUT2D eigenvalue weighted by Crippen LogP contribution is -2.56. The van der Waals surface area contributed by atoms with Crippen LogP contribution in [0.25, 0.3) is 0 Å². The number of hydrazine groups is 1. The molecule has 1 aliphatic heterocycles. The van der Waals surface area contributed by atoms with Crippen molar-refractivity contribution >= 4 is 5.91 Å². The van der Waals surface area contributed by atoms with Gasteiger partial charge in [-0.2, -0.15) is 5.10 Å². The third kappa shape index (κ3) is 2.22. The molecule has 0 radical (unpaired) electrons. The number of aromatic nitrogens is 2. The van der Waals surface area contributed by atoms with Crippen molar-refractivity contribution in [1.82, 2.24) is 20.2 Å². The summed E-state index contributed by atoms with van der Waals surface area (Å²) in [6.07, 6.45) is -5.02. The molecule has 1 aliphatic rings. The van der Waals surface area contributed by atoms with Crippen LogP contribution in [0.15, 0.2) is 24.0 Å². The molecule has 1 amide bonds. The zero-order chi connectivity index (χ0) is 15.1. The molecule has 2 heterocycles. The molecule has 1 aromatic rings. The minimum atomic E-state index is -3.47. The van der Waals surface area contributed by atoms with Crippen LogP contribution >= 0.6 is 0 Å². The molecular formula is C10H10F4N4O2. The number of carbonyl (C=O) groups excluding carboxylic acids is 1. The molecule has 0 aliphatic carbocycles. The Bertz CT molecular complexity index is 559. The number of aliphatic hydroxyl groups is 1. The van der Waals surface area contributed by atoms with Gasteiger partial charge in [-0.15, -0.1) is 0 Å². The topological polar surface area (TPSA) is 70.4 Å². The minimum Gasteiger partial charge on any atom is -0.361 e. The van der Waals surface area contributed by atoms with Gasteiger partial charge in [-0.05, 0) is 6.07 Å². The number of aryl methyl sites for hydroxylation is 1. The number of nitrogens with zero attached hydrogens (tertiary/aromatic N) is 3. The summed E-state index contributed by atoms with van der Waals surface area (Å²) in [6, 6.07) is 1.20. The van der Waals surface area contributed by atoms with Crippen LogP contribution in [0.3, 0.4) is 0 Å². The number of alkyl halides is 4. The van der Waals surface area contributed by atoms with E-state index >= 15 is 0 Å². The van der Waals surface area contributed by atoms with Gasteiger partial charge in [0.15, 0.2) is 5.69 Å². The maximum Gasteiger partial charge on any atom is 0.295 e. The number of carbonyl (C=O) groups is 1. The maximum absolute atomic E-state index is 12.9. The van der Waals surface area contributed by atoms with Crippen LogP contribution in [0.2, 0.25) is 0 Å². The zero-order valence-electron chi connectivity index (χ0n) is 10.1. The van der Waals surface area contributed by atoms with Crippen molar-refractivity contribution in [1.29, 1.82) is 0 Å². The van der Waals surface area contributed by atoms with Gasteiger partial charge in [0.2, 0.25) is 5.72 Å². The number of amides is 1. The largest absolute Gasteiger partial charge is 0.361 e. The van der Waals surface area contributed by atoms with Gasteiger partial charge in [0.05, 0.1) is 5.70 Å². The first-order chi connectivity index (χ1) is 9.25. The Morgan fingerprint density at radius 3 is 2.55 bits per heavy atom. The van der Waals surface area contributed by atoms with Crippen molar-refractivity contribution in [2.45, 2.75) is 18.6 Å². The third-order valence-electron chi connectivity index (χ3n) is 2.66. The van der Waals surface area contributed by atoms with Crippen molar-refractivity contribution in [2.75, 3.05) is 0 Å². The molecule has 10 heteroatoms. The van der Waals surface area contributed by atoms with E-state index in [-0.39, 0.29) is 16.8 Å². The second-order valence-electron chi connectivity index (χ2n) is 4.11. The lowest BCUT2D eigenvalue weighted by atomic mass is 10.2. The van der Waals surface area contributed by atoms with Crippen molar-refractivity contribution < 1.29 is 27.5 Å². The third-order valence-corrected chi connectivity index (χ3v) is 2.66. The van der Waals surface area contributed by atoms with Crippen LogP contribution in [-0.4, -0.2) is 44.4 Å². The molecule has 2 N–H and O–H groups in total. The van der Waals surface area contributed by atoms with Crippen molar-refractivity contribution in [3.63, 3.8) is 0 Å². The lowest BCUT2D eigenvalue weighted by molar-refractivity contribution is -0.147. The number of allylic oxidation sites excluding steroid dienone is 1. The van der Waals surface area contributed by atoms with Crippen LogP contribution in [0.4, 0.5) is 17.6 Å². The molecule has 0 aromatic carbocycles. The van der Waals surface area contributed by atoms with Crippen LogP contribution in [-0.2, 0) is 7.05 Å². The predicted molar refractivity (Wildman–Crippen MR) is 57.6 cm³/mol. The number of rotatable bonds is 3. The van der Waals surface area contributed by atoms with Gasteiger partial charge < -0.3 is 5.11 Å². The van der Waals surface area contributed by atoms with Gasteiger partial charge >= 0.3 is 0 Å². The van der Waals surface area contributed by atoms with E-state index in [0.717, 1.165) is 0 Å². The van der Waals surface area contributed by atoms with Gasteiger partial charge in [0, 0.05) is 19.3 Å². The standard InChI is InChI=1S/C10H10F4N4O2/c1-17-3-2-5(15-17)8(19)18-10(20,9(13)14)4-6(16-18)7(11)12/h2-4,7,9,16,20H,1H3. The average Bonchev–Trinajstić information content (AvgIpc) is 2.93. The molecule has 6 nitrogen and oxygen atoms in total. The summed E-state index contributed by atoms with van der Waals surface area (Å²) in [5, 5.41) is 13.4. The number of nitrogens with one attached hydrogen (secondary N) is 1. The highest BCUT2D eigenvalue weighted by atomic mass is 19.3. The highest BCUT2D eigenvalue weighted by Gasteiger charge is 2.51. The number of hydrogen-bond acceptors (Lipinski definition) is 4. The van der Waals surface area contributed by atoms with E-state index in [4.69, 9.17) is 0 Å². The van der Waals surface area contributed by atoms with Gasteiger partial charge in [0.1, 0.15) is 0 Å². The van der Waals surface area contributed by atoms with Crippen LogP contribution < -0.4 is 5.43 Å². The quantitative estimate of drug-likeness (QED) is 0.796. The summed E-state index contributed by atoms with van der Waals surface area (Å²) in [7, 11) is 1.48. The summed E-state index contributed by atoms with van der Waals surface area (Å²) in [5.74, 6) is -1.15. The first-order valence-corrected chi connectivity index (χ1v) is 5.38. The summed E-state index contributed by atoms with van der Waals surface area (Å²) in [6.45, 7) is 0. The molecule has 0 fully saturated rings. The number of hydrogen-bond donors (Lipinski definition) is 2. The molecule has 20 heavy (non-hydrogen) atoms. The molecule has 110 valence electrons. The Morgan fingerprint density at radius 2 is 2.10 bits per heavy atom. The van der Waals surface area contributed by atoms with Crippen LogP contribution in [0, 0.1) is 0 Å². The van der Waals surface area contributed by atoms with Gasteiger partial charge in [-0.1, -0.05) is 0 Å². The highest BCUT2D eigenvalue weighted by Crippen LogP contribution is 2.30. The van der Waals surface area contributed by atoms with Crippen LogP contribution in [0.5, 0.6) is 0 Å². The molecule has 0 bridgehead atoms. The van der Waals surface area contributed by atoms with Crippen molar-refractivity contribution in [3.8, 4) is 0 Å². The molecule has 1 unspecified atom stereocenters. The smallest absolute Gasteiger partial charge is 0.295 e. The normalized spacial score (nSPS) is 22.4. The van der Waals surface area contributed by atoms with Crippen molar-refractivity contribution in [2.24, 2.45) is 7.05 Å². The van der Waals surface area contributed by atoms with E-state index in [9.17, 15) is 27.5 Å². The van der Waals surface area contributed by atoms with Gasteiger partial charge in [-0.25, -0.2) is 22.6 Å². The molecule has 1 atom stereocenters. The van der Waals surface area contributed by atoms with Crippen LogP contribution in [0.1, 0.15) is 10.5 Å². The van der Waals surface area contributed by atoms with Gasteiger partial charge in [-0.3, -0.25) is 14.9 Å². The Balaban J connectivity index is 2.34. The highest BCUT2D eigenvalue weighted by molar-refractivity contribution is 5.93. The molecule has 0 spiro atoms.